The number of aromatic nitrogens is 1. The van der Waals surface area contributed by atoms with Gasteiger partial charge in [0, 0.05) is 26.2 Å². The highest BCUT2D eigenvalue weighted by atomic mass is 32.1. The molecule has 0 radical (unpaired) electrons. The summed E-state index contributed by atoms with van der Waals surface area (Å²) in [6.45, 7) is 5.74. The third kappa shape index (κ3) is 2.28. The molecule has 1 aromatic heterocycles. The van der Waals surface area contributed by atoms with Crippen LogP contribution in [0.15, 0.2) is 18.2 Å². The number of benzene rings is 1. The topological polar surface area (TPSA) is 36.4 Å². The lowest BCUT2D eigenvalue weighted by molar-refractivity contribution is -0.135. The molecule has 4 rings (SSSR count). The van der Waals surface area contributed by atoms with Crippen LogP contribution in [-0.4, -0.2) is 42.0 Å². The normalized spacial score (nSPS) is 19.0. The summed E-state index contributed by atoms with van der Waals surface area (Å²) in [7, 11) is 0. The van der Waals surface area contributed by atoms with Crippen molar-refractivity contribution in [3.63, 3.8) is 0 Å². The molecule has 0 bridgehead atoms. The molecule has 2 saturated heterocycles. The molecule has 4 nitrogen and oxygen atoms in total. The van der Waals surface area contributed by atoms with E-state index in [4.69, 9.17) is 4.98 Å². The molecule has 0 saturated carbocycles. The molecule has 1 aromatic carbocycles. The van der Waals surface area contributed by atoms with E-state index in [9.17, 15) is 4.79 Å². The third-order valence-electron chi connectivity index (χ3n) is 4.79. The first-order valence-corrected chi connectivity index (χ1v) is 9.00. The molecule has 2 aliphatic heterocycles. The SMILES string of the molecule is CCc1cccc2sc(N3CC(C(=O)N4CCCC4)C3)nc12. The molecule has 0 atom stereocenters. The average Bonchev–Trinajstić information content (AvgIpc) is 3.14. The monoisotopic (exact) mass is 315 g/mol. The number of carbonyl (C=O) groups is 1. The maximum Gasteiger partial charge on any atom is 0.229 e. The fourth-order valence-corrected chi connectivity index (χ4v) is 4.43. The van der Waals surface area contributed by atoms with E-state index in [1.165, 1.54) is 23.1 Å². The van der Waals surface area contributed by atoms with E-state index >= 15 is 0 Å². The number of thiazole rings is 1. The summed E-state index contributed by atoms with van der Waals surface area (Å²) < 4.78 is 1.25. The lowest BCUT2D eigenvalue weighted by Gasteiger charge is -2.39. The second-order valence-electron chi connectivity index (χ2n) is 6.25. The third-order valence-corrected chi connectivity index (χ3v) is 5.87. The summed E-state index contributed by atoms with van der Waals surface area (Å²) in [5.41, 5.74) is 2.45. The zero-order valence-electron chi connectivity index (χ0n) is 12.9. The van der Waals surface area contributed by atoms with Gasteiger partial charge in [-0.15, -0.1) is 0 Å². The van der Waals surface area contributed by atoms with Crippen LogP contribution in [0.1, 0.15) is 25.3 Å². The molecular weight excluding hydrogens is 294 g/mol. The van der Waals surface area contributed by atoms with Crippen molar-refractivity contribution in [2.45, 2.75) is 26.2 Å². The van der Waals surface area contributed by atoms with Gasteiger partial charge < -0.3 is 9.80 Å². The Labute approximate surface area is 134 Å². The minimum absolute atomic E-state index is 0.177. The summed E-state index contributed by atoms with van der Waals surface area (Å²) >= 11 is 1.75. The van der Waals surface area contributed by atoms with Crippen LogP contribution in [0, 0.1) is 5.92 Å². The highest BCUT2D eigenvalue weighted by Gasteiger charge is 2.37. The number of hydrogen-bond acceptors (Lipinski definition) is 4. The zero-order valence-corrected chi connectivity index (χ0v) is 13.7. The number of amides is 1. The van der Waals surface area contributed by atoms with E-state index in [1.807, 2.05) is 4.90 Å². The molecule has 22 heavy (non-hydrogen) atoms. The van der Waals surface area contributed by atoms with Gasteiger partial charge in [0.15, 0.2) is 5.13 Å². The van der Waals surface area contributed by atoms with Gasteiger partial charge >= 0.3 is 0 Å². The molecule has 3 heterocycles. The first-order chi connectivity index (χ1) is 10.8. The Kier molecular flexibility index (Phi) is 3.53. The molecule has 2 aliphatic rings. The lowest BCUT2D eigenvalue weighted by Crippen LogP contribution is -2.54. The summed E-state index contributed by atoms with van der Waals surface area (Å²) in [5.74, 6) is 0.528. The maximum atomic E-state index is 12.4. The Morgan fingerprint density at radius 3 is 2.82 bits per heavy atom. The van der Waals surface area contributed by atoms with Crippen molar-refractivity contribution < 1.29 is 4.79 Å². The van der Waals surface area contributed by atoms with Gasteiger partial charge in [0.1, 0.15) is 0 Å². The Morgan fingerprint density at radius 1 is 1.32 bits per heavy atom. The van der Waals surface area contributed by atoms with Crippen LogP contribution >= 0.6 is 11.3 Å². The highest BCUT2D eigenvalue weighted by Crippen LogP contribution is 2.35. The number of rotatable bonds is 3. The molecule has 0 aliphatic carbocycles. The van der Waals surface area contributed by atoms with Gasteiger partial charge in [0.2, 0.25) is 5.91 Å². The first kappa shape index (κ1) is 14.0. The van der Waals surface area contributed by atoms with Gasteiger partial charge in [0.25, 0.3) is 0 Å². The van der Waals surface area contributed by atoms with Crippen molar-refractivity contribution in [3.8, 4) is 0 Å². The number of fused-ring (bicyclic) bond motifs is 1. The largest absolute Gasteiger partial charge is 0.346 e. The number of anilines is 1. The number of nitrogens with zero attached hydrogens (tertiary/aromatic N) is 3. The van der Waals surface area contributed by atoms with Crippen LogP contribution in [0.2, 0.25) is 0 Å². The van der Waals surface area contributed by atoms with Crippen molar-refractivity contribution in [2.75, 3.05) is 31.1 Å². The van der Waals surface area contributed by atoms with Crippen LogP contribution in [0.5, 0.6) is 0 Å². The average molecular weight is 315 g/mol. The molecular formula is C17H21N3OS. The van der Waals surface area contributed by atoms with Crippen molar-refractivity contribution in [3.05, 3.63) is 23.8 Å². The van der Waals surface area contributed by atoms with E-state index < -0.39 is 0 Å². The summed E-state index contributed by atoms with van der Waals surface area (Å²) in [6.07, 6.45) is 3.34. The number of aryl methyl sites for hydroxylation is 1. The molecule has 2 fully saturated rings. The van der Waals surface area contributed by atoms with Crippen molar-refractivity contribution >= 4 is 32.6 Å². The predicted octanol–water partition coefficient (Wildman–Crippen LogP) is 2.92. The van der Waals surface area contributed by atoms with E-state index in [-0.39, 0.29) is 5.92 Å². The first-order valence-electron chi connectivity index (χ1n) is 8.18. The van der Waals surface area contributed by atoms with E-state index in [0.717, 1.165) is 43.2 Å². The molecule has 1 amide bonds. The smallest absolute Gasteiger partial charge is 0.229 e. The van der Waals surface area contributed by atoms with Gasteiger partial charge in [-0.25, -0.2) is 4.98 Å². The van der Waals surface area contributed by atoms with Crippen LogP contribution in [0.25, 0.3) is 10.2 Å². The molecule has 5 heteroatoms. The van der Waals surface area contributed by atoms with Crippen molar-refractivity contribution in [2.24, 2.45) is 5.92 Å². The predicted molar refractivity (Wildman–Crippen MR) is 90.5 cm³/mol. The van der Waals surface area contributed by atoms with E-state index in [2.05, 4.69) is 30.0 Å². The van der Waals surface area contributed by atoms with Crippen LogP contribution in [0.3, 0.4) is 0 Å². The number of para-hydroxylation sites is 1. The van der Waals surface area contributed by atoms with Gasteiger partial charge in [-0.2, -0.15) is 0 Å². The molecule has 0 spiro atoms. The van der Waals surface area contributed by atoms with Crippen molar-refractivity contribution in [1.82, 2.24) is 9.88 Å². The van der Waals surface area contributed by atoms with Crippen LogP contribution in [0.4, 0.5) is 5.13 Å². The standard InChI is InChI=1S/C17H21N3OS/c1-2-12-6-5-7-14-15(12)18-17(22-14)20-10-13(11-20)16(21)19-8-3-4-9-19/h5-7,13H,2-4,8-11H2,1H3. The Bertz CT molecular complexity index is 699. The van der Waals surface area contributed by atoms with Gasteiger partial charge in [-0.05, 0) is 30.9 Å². The number of hydrogen-bond donors (Lipinski definition) is 0. The number of carbonyl (C=O) groups excluding carboxylic acids is 1. The van der Waals surface area contributed by atoms with Crippen LogP contribution < -0.4 is 4.90 Å². The van der Waals surface area contributed by atoms with E-state index in [1.54, 1.807) is 11.3 Å². The Hall–Kier alpha value is -1.62. The molecule has 2 aromatic rings. The summed E-state index contributed by atoms with van der Waals surface area (Å²) in [6, 6.07) is 6.41. The zero-order chi connectivity index (χ0) is 15.1. The van der Waals surface area contributed by atoms with E-state index in [0.29, 0.717) is 5.91 Å². The molecule has 0 N–H and O–H groups in total. The molecule has 116 valence electrons. The van der Waals surface area contributed by atoms with Gasteiger partial charge in [0.05, 0.1) is 16.1 Å². The minimum Gasteiger partial charge on any atom is -0.346 e. The second kappa shape index (κ2) is 5.54. The fourth-order valence-electron chi connectivity index (χ4n) is 3.40. The summed E-state index contributed by atoms with van der Waals surface area (Å²) in [5, 5.41) is 1.07. The fraction of sp³-hybridized carbons (Fsp3) is 0.529. The van der Waals surface area contributed by atoms with Crippen molar-refractivity contribution in [1.29, 1.82) is 0 Å². The Balaban J connectivity index is 1.47. The second-order valence-corrected chi connectivity index (χ2v) is 7.26. The summed E-state index contributed by atoms with van der Waals surface area (Å²) in [4.78, 5) is 21.5. The lowest BCUT2D eigenvalue weighted by atomic mass is 9.99. The highest BCUT2D eigenvalue weighted by molar-refractivity contribution is 7.22. The van der Waals surface area contributed by atoms with Crippen LogP contribution in [-0.2, 0) is 11.2 Å². The minimum atomic E-state index is 0.177. The number of likely N-dealkylation sites (tertiary alicyclic amines) is 1. The maximum absolute atomic E-state index is 12.4. The quantitative estimate of drug-likeness (QED) is 0.874. The Morgan fingerprint density at radius 2 is 2.09 bits per heavy atom. The van der Waals surface area contributed by atoms with Gasteiger partial charge in [-0.3, -0.25) is 4.79 Å². The molecule has 0 unspecified atom stereocenters. The van der Waals surface area contributed by atoms with Gasteiger partial charge in [-0.1, -0.05) is 30.4 Å².